The average Bonchev–Trinajstić information content (AvgIpc) is 2.95. The predicted molar refractivity (Wildman–Crippen MR) is 103 cm³/mol. The first-order chi connectivity index (χ1) is 13.3. The Morgan fingerprint density at radius 2 is 1.93 bits per heavy atom. The largest absolute Gasteiger partial charge is 0.509 e. The van der Waals surface area contributed by atoms with Gasteiger partial charge >= 0.3 is 6.16 Å². The summed E-state index contributed by atoms with van der Waals surface area (Å²) < 4.78 is 10.7. The molecule has 0 bridgehead atoms. The Morgan fingerprint density at radius 1 is 1.18 bits per heavy atom. The molecule has 0 N–H and O–H groups in total. The number of allylic oxidation sites excluding steroid dienone is 1. The van der Waals surface area contributed by atoms with Crippen LogP contribution in [-0.2, 0) is 14.3 Å². The third kappa shape index (κ3) is 2.56. The molecule has 28 heavy (non-hydrogen) atoms. The van der Waals surface area contributed by atoms with Gasteiger partial charge in [0, 0.05) is 18.3 Å². The van der Waals surface area contributed by atoms with E-state index in [9.17, 15) is 14.9 Å². The van der Waals surface area contributed by atoms with E-state index in [4.69, 9.17) is 9.47 Å². The second-order valence-electron chi connectivity index (χ2n) is 9.69. The van der Waals surface area contributed by atoms with Gasteiger partial charge in [0.1, 0.15) is 6.07 Å². The molecule has 0 heterocycles. The van der Waals surface area contributed by atoms with E-state index in [2.05, 4.69) is 19.9 Å². The fourth-order valence-corrected chi connectivity index (χ4v) is 7.22. The van der Waals surface area contributed by atoms with E-state index < -0.39 is 11.8 Å². The zero-order valence-electron chi connectivity index (χ0n) is 17.3. The van der Waals surface area contributed by atoms with Crippen LogP contribution in [0.25, 0.3) is 0 Å². The molecule has 0 radical (unpaired) electrons. The summed E-state index contributed by atoms with van der Waals surface area (Å²) in [5, 5.41) is 10.1. The number of nitriles is 1. The molecule has 0 aliphatic heterocycles. The van der Waals surface area contributed by atoms with E-state index in [1.165, 1.54) is 5.57 Å². The zero-order chi connectivity index (χ0) is 20.2. The van der Waals surface area contributed by atoms with Crippen molar-refractivity contribution in [2.75, 3.05) is 6.61 Å². The lowest BCUT2D eigenvalue weighted by Crippen LogP contribution is -2.55. The fourth-order valence-electron chi connectivity index (χ4n) is 7.22. The Kier molecular flexibility index (Phi) is 4.60. The molecule has 0 aromatic rings. The third-order valence-corrected chi connectivity index (χ3v) is 8.78. The maximum absolute atomic E-state index is 12.1. The van der Waals surface area contributed by atoms with E-state index in [1.807, 2.05) is 6.08 Å². The van der Waals surface area contributed by atoms with Crippen molar-refractivity contribution in [1.29, 1.82) is 5.26 Å². The number of hydrogen-bond acceptors (Lipinski definition) is 5. The zero-order valence-corrected chi connectivity index (χ0v) is 17.3. The first kappa shape index (κ1) is 19.5. The summed E-state index contributed by atoms with van der Waals surface area (Å²) in [6.45, 7) is 6.50. The fraction of sp³-hybridized carbons (Fsp3) is 0.783. The molecular formula is C23H31NO4. The molecule has 4 rings (SSSR count). The molecule has 4 aliphatic rings. The quantitative estimate of drug-likeness (QED) is 0.628. The third-order valence-electron chi connectivity index (χ3n) is 8.78. The van der Waals surface area contributed by atoms with Crippen LogP contribution in [0.4, 0.5) is 4.79 Å². The van der Waals surface area contributed by atoms with Crippen LogP contribution in [0.15, 0.2) is 11.6 Å². The highest BCUT2D eigenvalue weighted by molar-refractivity contribution is 5.91. The van der Waals surface area contributed by atoms with E-state index in [0.717, 1.165) is 38.5 Å². The van der Waals surface area contributed by atoms with Crippen molar-refractivity contribution in [2.45, 2.75) is 77.7 Å². The van der Waals surface area contributed by atoms with Gasteiger partial charge in [-0.15, -0.1) is 0 Å². The van der Waals surface area contributed by atoms with Crippen LogP contribution < -0.4 is 0 Å². The van der Waals surface area contributed by atoms with Gasteiger partial charge in [0.25, 0.3) is 0 Å². The number of ether oxygens (including phenoxy) is 2. The Morgan fingerprint density at radius 3 is 2.64 bits per heavy atom. The number of fused-ring (bicyclic) bond motifs is 5. The van der Waals surface area contributed by atoms with Gasteiger partial charge in [-0.2, -0.15) is 5.26 Å². The van der Waals surface area contributed by atoms with Crippen LogP contribution in [-0.4, -0.2) is 24.1 Å². The lowest BCUT2D eigenvalue weighted by Gasteiger charge is -2.58. The summed E-state index contributed by atoms with van der Waals surface area (Å²) in [6, 6.07) is 2.39. The molecular weight excluding hydrogens is 354 g/mol. The van der Waals surface area contributed by atoms with Crippen molar-refractivity contribution in [3.63, 3.8) is 0 Å². The highest BCUT2D eigenvalue weighted by Crippen LogP contribution is 2.68. The summed E-state index contributed by atoms with van der Waals surface area (Å²) in [7, 11) is 0. The molecule has 0 amide bonds. The smallest absolute Gasteiger partial charge is 0.435 e. The summed E-state index contributed by atoms with van der Waals surface area (Å²) in [4.78, 5) is 24.1. The van der Waals surface area contributed by atoms with Crippen molar-refractivity contribution in [3.05, 3.63) is 11.6 Å². The molecule has 152 valence electrons. The molecule has 4 aliphatic carbocycles. The van der Waals surface area contributed by atoms with Crippen molar-refractivity contribution >= 4 is 11.9 Å². The standard InChI is InChI=1S/C23H31NO4/c1-4-27-20(26)28-23(14-24)12-9-19-17-6-5-15-13-16(25)7-10-21(15,2)18(17)8-11-22(19,23)3/h13,17-19H,4-12H2,1-3H3/t17-,18+,19+,21+,22+,23?/m1/s1. The summed E-state index contributed by atoms with van der Waals surface area (Å²) >= 11 is 0. The summed E-state index contributed by atoms with van der Waals surface area (Å²) in [5.41, 5.74) is 0.0328. The van der Waals surface area contributed by atoms with E-state index in [1.54, 1.807) is 6.92 Å². The maximum atomic E-state index is 12.1. The van der Waals surface area contributed by atoms with E-state index >= 15 is 0 Å². The molecule has 0 aromatic heterocycles. The second kappa shape index (κ2) is 6.61. The monoisotopic (exact) mass is 385 g/mol. The SMILES string of the molecule is CCOC(=O)OC1(C#N)CC[C@H]2[C@@H]3CCC4=CC(=O)CC[C@]4(C)[C@H]3CC[C@@]21C. The minimum absolute atomic E-state index is 0.109. The van der Waals surface area contributed by atoms with Crippen LogP contribution in [0.2, 0.25) is 0 Å². The molecule has 5 nitrogen and oxygen atoms in total. The molecule has 0 spiro atoms. The lowest BCUT2D eigenvalue weighted by atomic mass is 9.46. The van der Waals surface area contributed by atoms with Crippen molar-refractivity contribution in [2.24, 2.45) is 28.6 Å². The topological polar surface area (TPSA) is 76.4 Å². The Bertz CT molecular complexity index is 767. The van der Waals surface area contributed by atoms with Crippen molar-refractivity contribution in [1.82, 2.24) is 0 Å². The molecule has 3 saturated carbocycles. The number of hydrogen-bond donors (Lipinski definition) is 0. The van der Waals surface area contributed by atoms with Gasteiger partial charge in [0.2, 0.25) is 5.60 Å². The van der Waals surface area contributed by atoms with Crippen molar-refractivity contribution < 1.29 is 19.1 Å². The van der Waals surface area contributed by atoms with Crippen LogP contribution in [0.1, 0.15) is 72.1 Å². The van der Waals surface area contributed by atoms with Gasteiger partial charge in [-0.1, -0.05) is 19.4 Å². The van der Waals surface area contributed by atoms with Gasteiger partial charge in [-0.05, 0) is 74.7 Å². The molecule has 5 heteroatoms. The van der Waals surface area contributed by atoms with Crippen molar-refractivity contribution in [3.8, 4) is 6.07 Å². The van der Waals surface area contributed by atoms with Crippen LogP contribution in [0.3, 0.4) is 0 Å². The second-order valence-corrected chi connectivity index (χ2v) is 9.69. The minimum atomic E-state index is -1.09. The predicted octanol–water partition coefficient (Wildman–Crippen LogP) is 4.95. The molecule has 0 saturated heterocycles. The molecule has 1 unspecified atom stereocenters. The van der Waals surface area contributed by atoms with E-state index in [-0.39, 0.29) is 23.2 Å². The summed E-state index contributed by atoms with van der Waals surface area (Å²) in [6.07, 6.45) is 8.26. The maximum Gasteiger partial charge on any atom is 0.509 e. The number of carbonyl (C=O) groups excluding carboxylic acids is 2. The Balaban J connectivity index is 1.64. The van der Waals surface area contributed by atoms with Gasteiger partial charge in [0.05, 0.1) is 6.61 Å². The Hall–Kier alpha value is -1.83. The van der Waals surface area contributed by atoms with Gasteiger partial charge < -0.3 is 9.47 Å². The minimum Gasteiger partial charge on any atom is -0.435 e. The molecule has 6 atom stereocenters. The number of nitrogens with zero attached hydrogens (tertiary/aromatic N) is 1. The summed E-state index contributed by atoms with van der Waals surface area (Å²) in [5.74, 6) is 1.72. The van der Waals surface area contributed by atoms with Crippen LogP contribution >= 0.6 is 0 Å². The Labute approximate surface area is 167 Å². The highest BCUT2D eigenvalue weighted by Gasteiger charge is 2.66. The highest BCUT2D eigenvalue weighted by atomic mass is 16.7. The first-order valence-electron chi connectivity index (χ1n) is 10.8. The average molecular weight is 386 g/mol. The van der Waals surface area contributed by atoms with Crippen LogP contribution in [0, 0.1) is 39.9 Å². The van der Waals surface area contributed by atoms with Gasteiger partial charge in [-0.25, -0.2) is 4.79 Å². The van der Waals surface area contributed by atoms with Gasteiger partial charge in [0.15, 0.2) is 5.78 Å². The molecule has 0 aromatic carbocycles. The number of rotatable bonds is 2. The van der Waals surface area contributed by atoms with Crippen LogP contribution in [0.5, 0.6) is 0 Å². The number of carbonyl (C=O) groups is 2. The molecule has 3 fully saturated rings. The normalized spacial score (nSPS) is 44.4. The lowest BCUT2D eigenvalue weighted by molar-refractivity contribution is -0.122. The first-order valence-corrected chi connectivity index (χ1v) is 10.8. The van der Waals surface area contributed by atoms with E-state index in [0.29, 0.717) is 30.6 Å². The van der Waals surface area contributed by atoms with Gasteiger partial charge in [-0.3, -0.25) is 4.79 Å². The number of ketones is 1.